The highest BCUT2D eigenvalue weighted by atomic mass is 35.5. The molecule has 0 unspecified atom stereocenters. The van der Waals surface area contributed by atoms with Gasteiger partial charge >= 0.3 is 0 Å². The molecule has 1 aromatic rings. The van der Waals surface area contributed by atoms with E-state index in [1.165, 1.54) is 32.0 Å². The number of nitrogens with one attached hydrogen (secondary N) is 1. The van der Waals surface area contributed by atoms with E-state index < -0.39 is 24.6 Å². The second-order valence-electron chi connectivity index (χ2n) is 5.04. The summed E-state index contributed by atoms with van der Waals surface area (Å²) < 4.78 is 48.2. The van der Waals surface area contributed by atoms with Crippen molar-refractivity contribution in [1.82, 2.24) is 4.72 Å². The summed E-state index contributed by atoms with van der Waals surface area (Å²) in [6.45, 7) is 2.65. The Labute approximate surface area is 124 Å². The average molecular weight is 341 g/mol. The van der Waals surface area contributed by atoms with E-state index in [1.54, 1.807) is 0 Å². The third-order valence-electron chi connectivity index (χ3n) is 2.97. The monoisotopic (exact) mass is 340 g/mol. The van der Waals surface area contributed by atoms with Crippen LogP contribution in [0.25, 0.3) is 0 Å². The summed E-state index contributed by atoms with van der Waals surface area (Å²) in [5, 5.41) is 0.250. The van der Waals surface area contributed by atoms with Crippen LogP contribution in [0.5, 0.6) is 0 Å². The smallest absolute Gasteiger partial charge is 0.240 e. The molecular formula is C11H17ClN2O4S2. The van der Waals surface area contributed by atoms with E-state index in [0.717, 1.165) is 6.26 Å². The van der Waals surface area contributed by atoms with Crippen LogP contribution >= 0.6 is 11.6 Å². The van der Waals surface area contributed by atoms with Gasteiger partial charge in [-0.15, -0.1) is 0 Å². The van der Waals surface area contributed by atoms with Gasteiger partial charge in [0.05, 0.1) is 20.4 Å². The minimum atomic E-state index is -3.85. The molecule has 0 saturated heterocycles. The Kier molecular flexibility index (Phi) is 4.75. The van der Waals surface area contributed by atoms with E-state index in [0.29, 0.717) is 0 Å². The number of sulfonamides is 1. The maximum Gasteiger partial charge on any atom is 0.240 e. The van der Waals surface area contributed by atoms with E-state index in [-0.39, 0.29) is 22.2 Å². The number of rotatable bonds is 5. The molecule has 114 valence electrons. The highest BCUT2D eigenvalue weighted by Crippen LogP contribution is 2.22. The van der Waals surface area contributed by atoms with Gasteiger partial charge in [0.15, 0.2) is 9.84 Å². The van der Waals surface area contributed by atoms with Crippen LogP contribution < -0.4 is 10.5 Å². The van der Waals surface area contributed by atoms with Crippen molar-refractivity contribution in [2.75, 3.05) is 18.5 Å². The number of anilines is 1. The van der Waals surface area contributed by atoms with E-state index in [1.807, 2.05) is 0 Å². The molecule has 0 aliphatic carbocycles. The molecule has 1 rings (SSSR count). The molecule has 9 heteroatoms. The van der Waals surface area contributed by atoms with Crippen molar-refractivity contribution in [3.63, 3.8) is 0 Å². The minimum Gasteiger partial charge on any atom is -0.397 e. The zero-order chi connectivity index (χ0) is 15.8. The number of sulfone groups is 1. The van der Waals surface area contributed by atoms with Crippen molar-refractivity contribution in [3.05, 3.63) is 23.2 Å². The Morgan fingerprint density at radius 1 is 1.25 bits per heavy atom. The maximum atomic E-state index is 12.1. The molecule has 3 N–H and O–H groups in total. The first-order valence-electron chi connectivity index (χ1n) is 5.61. The van der Waals surface area contributed by atoms with Crippen LogP contribution in [-0.2, 0) is 19.9 Å². The van der Waals surface area contributed by atoms with Crippen molar-refractivity contribution in [3.8, 4) is 0 Å². The SMILES string of the molecule is CC(C)(CNS(=O)(=O)c1ccc(Cl)c(N)c1)S(C)(=O)=O. The number of hydrogen-bond acceptors (Lipinski definition) is 5. The van der Waals surface area contributed by atoms with E-state index in [9.17, 15) is 16.8 Å². The third kappa shape index (κ3) is 3.85. The Balaban J connectivity index is 3.00. The van der Waals surface area contributed by atoms with Crippen molar-refractivity contribution in [2.45, 2.75) is 23.5 Å². The Morgan fingerprint density at radius 2 is 1.80 bits per heavy atom. The van der Waals surface area contributed by atoms with Crippen LogP contribution in [0, 0.1) is 0 Å². The molecule has 6 nitrogen and oxygen atoms in total. The van der Waals surface area contributed by atoms with Gasteiger partial charge in [0, 0.05) is 12.8 Å². The summed E-state index contributed by atoms with van der Waals surface area (Å²) in [5.41, 5.74) is 5.68. The first kappa shape index (κ1) is 17.2. The summed E-state index contributed by atoms with van der Waals surface area (Å²) in [4.78, 5) is -0.0660. The molecule has 0 radical (unpaired) electrons. The number of hydrogen-bond donors (Lipinski definition) is 2. The second kappa shape index (κ2) is 5.51. The van der Waals surface area contributed by atoms with Crippen molar-refractivity contribution in [2.24, 2.45) is 0 Å². The first-order valence-corrected chi connectivity index (χ1v) is 9.36. The summed E-state index contributed by atoms with van der Waals surface area (Å²) in [6, 6.07) is 3.89. The van der Waals surface area contributed by atoms with Gasteiger partial charge in [-0.25, -0.2) is 21.6 Å². The molecule has 20 heavy (non-hydrogen) atoms. The minimum absolute atomic E-state index is 0.0660. The Bertz CT molecular complexity index is 712. The predicted molar refractivity (Wildman–Crippen MR) is 80.0 cm³/mol. The van der Waals surface area contributed by atoms with Crippen LogP contribution in [-0.4, -0.2) is 34.4 Å². The fourth-order valence-corrected chi connectivity index (χ4v) is 2.96. The van der Waals surface area contributed by atoms with Crippen LogP contribution in [0.15, 0.2) is 23.1 Å². The molecule has 1 aromatic carbocycles. The molecule has 0 aliphatic rings. The first-order chi connectivity index (χ1) is 8.87. The molecule has 0 saturated carbocycles. The fraction of sp³-hybridized carbons (Fsp3) is 0.455. The van der Waals surface area contributed by atoms with Crippen LogP contribution in [0.2, 0.25) is 5.02 Å². The molecule has 0 amide bonds. The standard InChI is InChI=1S/C11H17ClN2O4S2/c1-11(2,19(3,15)16)7-14-20(17,18)8-4-5-9(12)10(13)6-8/h4-6,14H,7,13H2,1-3H3. The van der Waals surface area contributed by atoms with Gasteiger partial charge < -0.3 is 5.73 Å². The lowest BCUT2D eigenvalue weighted by atomic mass is 10.2. The van der Waals surface area contributed by atoms with Crippen molar-refractivity contribution < 1.29 is 16.8 Å². The van der Waals surface area contributed by atoms with E-state index >= 15 is 0 Å². The quantitative estimate of drug-likeness (QED) is 0.778. The normalized spacial score (nSPS) is 13.4. The van der Waals surface area contributed by atoms with Crippen LogP contribution in [0.3, 0.4) is 0 Å². The van der Waals surface area contributed by atoms with E-state index in [4.69, 9.17) is 17.3 Å². The van der Waals surface area contributed by atoms with Crippen LogP contribution in [0.1, 0.15) is 13.8 Å². The topological polar surface area (TPSA) is 106 Å². The lowest BCUT2D eigenvalue weighted by molar-refractivity contribution is 0.537. The number of benzene rings is 1. The molecule has 0 aromatic heterocycles. The van der Waals surface area contributed by atoms with Crippen LogP contribution in [0.4, 0.5) is 5.69 Å². The number of nitrogens with two attached hydrogens (primary N) is 1. The van der Waals surface area contributed by atoms with Crippen molar-refractivity contribution in [1.29, 1.82) is 0 Å². The zero-order valence-corrected chi connectivity index (χ0v) is 13.7. The van der Waals surface area contributed by atoms with E-state index in [2.05, 4.69) is 4.72 Å². The van der Waals surface area contributed by atoms with Crippen molar-refractivity contribution >= 4 is 37.1 Å². The number of halogens is 1. The predicted octanol–water partition coefficient (Wildman–Crippen LogP) is 1.02. The summed E-state index contributed by atoms with van der Waals surface area (Å²) in [7, 11) is -7.24. The van der Waals surface area contributed by atoms with Gasteiger partial charge in [0.25, 0.3) is 0 Å². The summed E-state index contributed by atoms with van der Waals surface area (Å²) in [5.74, 6) is 0. The van der Waals surface area contributed by atoms with Gasteiger partial charge in [-0.1, -0.05) is 11.6 Å². The third-order valence-corrected chi connectivity index (χ3v) is 6.86. The van der Waals surface area contributed by atoms with Gasteiger partial charge in [-0.3, -0.25) is 0 Å². The molecular weight excluding hydrogens is 324 g/mol. The highest BCUT2D eigenvalue weighted by Gasteiger charge is 2.32. The van der Waals surface area contributed by atoms with Gasteiger partial charge in [0.2, 0.25) is 10.0 Å². The molecule has 0 heterocycles. The maximum absolute atomic E-state index is 12.1. The second-order valence-corrected chi connectivity index (χ2v) is 9.86. The lowest BCUT2D eigenvalue weighted by Gasteiger charge is -2.22. The Morgan fingerprint density at radius 3 is 2.25 bits per heavy atom. The fourth-order valence-electron chi connectivity index (χ4n) is 1.17. The number of nitrogen functional groups attached to an aromatic ring is 1. The summed E-state index contributed by atoms with van der Waals surface area (Å²) >= 11 is 5.72. The highest BCUT2D eigenvalue weighted by molar-refractivity contribution is 7.92. The van der Waals surface area contributed by atoms with Gasteiger partial charge in [0.1, 0.15) is 0 Å². The molecule has 0 bridgehead atoms. The summed E-state index contributed by atoms with van der Waals surface area (Å²) in [6.07, 6.45) is 1.06. The largest absolute Gasteiger partial charge is 0.397 e. The molecule has 0 aliphatic heterocycles. The van der Waals surface area contributed by atoms with Gasteiger partial charge in [-0.05, 0) is 32.0 Å². The Hall–Kier alpha value is -0.830. The average Bonchev–Trinajstić information content (AvgIpc) is 2.29. The zero-order valence-electron chi connectivity index (χ0n) is 11.3. The lowest BCUT2D eigenvalue weighted by Crippen LogP contribution is -2.43. The molecule has 0 spiro atoms. The van der Waals surface area contributed by atoms with Gasteiger partial charge in [-0.2, -0.15) is 0 Å². The molecule has 0 atom stereocenters. The molecule has 0 fully saturated rings.